The summed E-state index contributed by atoms with van der Waals surface area (Å²) in [5.74, 6) is -0.388. The molecule has 92 valence electrons. The second-order valence-corrected chi connectivity index (χ2v) is 3.50. The SMILES string of the molecule is Cc1nnc(OC(C)C(F)(F)F)c(C#N)c1C. The molecule has 1 rings (SSSR count). The lowest BCUT2D eigenvalue weighted by atomic mass is 10.1. The van der Waals surface area contributed by atoms with Crippen LogP contribution in [0, 0.1) is 25.2 Å². The van der Waals surface area contributed by atoms with Gasteiger partial charge in [-0.05, 0) is 26.3 Å². The van der Waals surface area contributed by atoms with Crippen molar-refractivity contribution < 1.29 is 17.9 Å². The van der Waals surface area contributed by atoms with Crippen LogP contribution in [0.3, 0.4) is 0 Å². The number of aromatic nitrogens is 2. The molecule has 0 radical (unpaired) electrons. The summed E-state index contributed by atoms with van der Waals surface area (Å²) < 4.78 is 41.5. The van der Waals surface area contributed by atoms with E-state index in [-0.39, 0.29) is 11.4 Å². The average molecular weight is 245 g/mol. The van der Waals surface area contributed by atoms with E-state index in [0.717, 1.165) is 6.92 Å². The van der Waals surface area contributed by atoms with Gasteiger partial charge in [-0.25, -0.2) is 0 Å². The van der Waals surface area contributed by atoms with E-state index < -0.39 is 12.3 Å². The zero-order valence-electron chi connectivity index (χ0n) is 9.46. The molecule has 0 aliphatic carbocycles. The maximum absolute atomic E-state index is 12.3. The Morgan fingerprint density at radius 1 is 1.29 bits per heavy atom. The molecule has 4 nitrogen and oxygen atoms in total. The van der Waals surface area contributed by atoms with Crippen molar-refractivity contribution in [3.63, 3.8) is 0 Å². The summed E-state index contributed by atoms with van der Waals surface area (Å²) >= 11 is 0. The van der Waals surface area contributed by atoms with E-state index in [1.165, 1.54) is 0 Å². The summed E-state index contributed by atoms with van der Waals surface area (Å²) in [4.78, 5) is 0. The van der Waals surface area contributed by atoms with Crippen LogP contribution in [0.1, 0.15) is 23.7 Å². The first-order chi connectivity index (χ1) is 7.77. The lowest BCUT2D eigenvalue weighted by Crippen LogP contribution is -2.32. The predicted molar refractivity (Wildman–Crippen MR) is 52.4 cm³/mol. The van der Waals surface area contributed by atoms with Crippen molar-refractivity contribution in [1.29, 1.82) is 5.26 Å². The summed E-state index contributed by atoms with van der Waals surface area (Å²) in [5, 5.41) is 16.0. The molecule has 1 aromatic rings. The highest BCUT2D eigenvalue weighted by atomic mass is 19.4. The van der Waals surface area contributed by atoms with Gasteiger partial charge in [0, 0.05) is 0 Å². The van der Waals surface area contributed by atoms with Gasteiger partial charge in [0.2, 0.25) is 0 Å². The summed E-state index contributed by atoms with van der Waals surface area (Å²) in [6, 6.07) is 1.77. The molecule has 1 heterocycles. The van der Waals surface area contributed by atoms with Crippen molar-refractivity contribution in [3.8, 4) is 11.9 Å². The first-order valence-electron chi connectivity index (χ1n) is 4.74. The van der Waals surface area contributed by atoms with Gasteiger partial charge in [0.15, 0.2) is 6.10 Å². The highest BCUT2D eigenvalue weighted by Crippen LogP contribution is 2.26. The largest absolute Gasteiger partial charge is 0.463 e. The highest BCUT2D eigenvalue weighted by molar-refractivity contribution is 5.44. The lowest BCUT2D eigenvalue weighted by Gasteiger charge is -2.17. The van der Waals surface area contributed by atoms with Crippen LogP contribution in [0.5, 0.6) is 5.88 Å². The molecule has 1 aromatic heterocycles. The Balaban J connectivity index is 3.09. The van der Waals surface area contributed by atoms with Crippen molar-refractivity contribution in [3.05, 3.63) is 16.8 Å². The molecule has 0 fully saturated rings. The van der Waals surface area contributed by atoms with Gasteiger partial charge in [-0.1, -0.05) is 0 Å². The van der Waals surface area contributed by atoms with Gasteiger partial charge in [-0.15, -0.1) is 5.10 Å². The first kappa shape index (κ1) is 13.2. The van der Waals surface area contributed by atoms with E-state index in [4.69, 9.17) is 5.26 Å². The second-order valence-electron chi connectivity index (χ2n) is 3.50. The third kappa shape index (κ3) is 2.84. The molecule has 1 unspecified atom stereocenters. The minimum atomic E-state index is -4.51. The number of aryl methyl sites for hydroxylation is 1. The number of halogens is 3. The molecule has 0 saturated carbocycles. The molecular weight excluding hydrogens is 235 g/mol. The van der Waals surface area contributed by atoms with Gasteiger partial charge in [-0.2, -0.15) is 23.5 Å². The normalized spacial score (nSPS) is 13.0. The number of nitriles is 1. The Labute approximate surface area is 96.0 Å². The molecule has 0 saturated heterocycles. The molecular formula is C10H10F3N3O. The van der Waals surface area contributed by atoms with E-state index in [2.05, 4.69) is 14.9 Å². The topological polar surface area (TPSA) is 58.8 Å². The fourth-order valence-corrected chi connectivity index (χ4v) is 1.04. The molecule has 0 N–H and O–H groups in total. The van der Waals surface area contributed by atoms with Crippen LogP contribution in [-0.4, -0.2) is 22.5 Å². The molecule has 0 bridgehead atoms. The van der Waals surface area contributed by atoms with Crippen LogP contribution >= 0.6 is 0 Å². The zero-order chi connectivity index (χ0) is 13.2. The fourth-order valence-electron chi connectivity index (χ4n) is 1.04. The van der Waals surface area contributed by atoms with Gasteiger partial charge in [0.1, 0.15) is 11.6 Å². The van der Waals surface area contributed by atoms with Gasteiger partial charge >= 0.3 is 6.18 Å². The minimum Gasteiger partial charge on any atom is -0.463 e. The molecule has 0 spiro atoms. The Kier molecular flexibility index (Phi) is 3.56. The summed E-state index contributed by atoms with van der Waals surface area (Å²) in [7, 11) is 0. The van der Waals surface area contributed by atoms with Gasteiger partial charge in [-0.3, -0.25) is 0 Å². The molecule has 17 heavy (non-hydrogen) atoms. The maximum atomic E-state index is 12.3. The van der Waals surface area contributed by atoms with Crippen molar-refractivity contribution in [1.82, 2.24) is 10.2 Å². The minimum absolute atomic E-state index is 0.0198. The van der Waals surface area contributed by atoms with Crippen molar-refractivity contribution in [2.75, 3.05) is 0 Å². The van der Waals surface area contributed by atoms with E-state index in [1.807, 2.05) is 0 Å². The third-order valence-electron chi connectivity index (χ3n) is 2.28. The fraction of sp³-hybridized carbons (Fsp3) is 0.500. The van der Waals surface area contributed by atoms with E-state index in [0.29, 0.717) is 11.3 Å². The number of rotatable bonds is 2. The maximum Gasteiger partial charge on any atom is 0.425 e. The summed E-state index contributed by atoms with van der Waals surface area (Å²) in [6.45, 7) is 4.03. The van der Waals surface area contributed by atoms with E-state index in [1.54, 1.807) is 19.9 Å². The number of nitrogens with zero attached hydrogens (tertiary/aromatic N) is 3. The molecule has 7 heteroatoms. The van der Waals surface area contributed by atoms with Crippen molar-refractivity contribution in [2.45, 2.75) is 33.1 Å². The van der Waals surface area contributed by atoms with E-state index >= 15 is 0 Å². The van der Waals surface area contributed by atoms with E-state index in [9.17, 15) is 13.2 Å². The number of hydrogen-bond acceptors (Lipinski definition) is 4. The number of hydrogen-bond donors (Lipinski definition) is 0. The zero-order valence-corrected chi connectivity index (χ0v) is 9.46. The monoisotopic (exact) mass is 245 g/mol. The Morgan fingerprint density at radius 3 is 2.35 bits per heavy atom. The van der Waals surface area contributed by atoms with Crippen LogP contribution in [0.15, 0.2) is 0 Å². The smallest absolute Gasteiger partial charge is 0.425 e. The lowest BCUT2D eigenvalue weighted by molar-refractivity contribution is -0.190. The second kappa shape index (κ2) is 4.57. The molecule has 0 aliphatic heterocycles. The van der Waals surface area contributed by atoms with Gasteiger partial charge in [0.05, 0.1) is 5.69 Å². The van der Waals surface area contributed by atoms with Crippen LogP contribution in [0.2, 0.25) is 0 Å². The molecule has 0 aromatic carbocycles. The van der Waals surface area contributed by atoms with Gasteiger partial charge in [0.25, 0.3) is 5.88 Å². The Bertz CT molecular complexity index is 465. The number of alkyl halides is 3. The molecule has 1 atom stereocenters. The average Bonchev–Trinajstić information content (AvgIpc) is 2.22. The van der Waals surface area contributed by atoms with Crippen LogP contribution in [0.4, 0.5) is 13.2 Å². The predicted octanol–water partition coefficient (Wildman–Crippen LogP) is 2.29. The quantitative estimate of drug-likeness (QED) is 0.802. The van der Waals surface area contributed by atoms with Crippen LogP contribution in [0.25, 0.3) is 0 Å². The summed E-state index contributed by atoms with van der Waals surface area (Å²) in [5.41, 5.74) is 0.925. The third-order valence-corrected chi connectivity index (χ3v) is 2.28. The van der Waals surface area contributed by atoms with Gasteiger partial charge < -0.3 is 4.74 Å². The van der Waals surface area contributed by atoms with Crippen LogP contribution in [-0.2, 0) is 0 Å². The van der Waals surface area contributed by atoms with Crippen LogP contribution < -0.4 is 4.74 Å². The first-order valence-corrected chi connectivity index (χ1v) is 4.74. The van der Waals surface area contributed by atoms with Crippen molar-refractivity contribution in [2.24, 2.45) is 0 Å². The molecule has 0 aliphatic rings. The Morgan fingerprint density at radius 2 is 1.88 bits per heavy atom. The summed E-state index contributed by atoms with van der Waals surface area (Å²) in [6.07, 6.45) is -6.54. The molecule has 0 amide bonds. The highest BCUT2D eigenvalue weighted by Gasteiger charge is 2.39. The standard InChI is InChI=1S/C10H10F3N3O/c1-5-6(2)15-16-9(8(5)4-14)17-7(3)10(11,12)13/h7H,1-3H3. The van der Waals surface area contributed by atoms with Crippen molar-refractivity contribution >= 4 is 0 Å². The Hall–Kier alpha value is -1.84. The number of ether oxygens (including phenoxy) is 1.